The minimum Gasteiger partial charge on any atom is -0.465 e. The van der Waals surface area contributed by atoms with E-state index in [9.17, 15) is 9.90 Å². The Balaban J connectivity index is 2.15. The normalized spacial score (nSPS) is 30.2. The Bertz CT molecular complexity index is 1290. The van der Waals surface area contributed by atoms with Crippen molar-refractivity contribution in [2.45, 2.75) is 188 Å². The monoisotopic (exact) mass is 888 g/mol. The number of aliphatic hydroxyl groups is 1. The fourth-order valence-corrected chi connectivity index (χ4v) is 8.91. The summed E-state index contributed by atoms with van der Waals surface area (Å²) in [4.78, 5) is 12.5. The van der Waals surface area contributed by atoms with Crippen molar-refractivity contribution in [3.8, 4) is 0 Å². The summed E-state index contributed by atoms with van der Waals surface area (Å²) in [6.45, 7) is 35.4. The van der Waals surface area contributed by atoms with E-state index in [2.05, 4.69) is 152 Å². The van der Waals surface area contributed by atoms with Crippen LogP contribution in [0.4, 0.5) is 0 Å². The molecule has 0 aromatic rings. The van der Waals surface area contributed by atoms with E-state index in [4.69, 9.17) is 23.1 Å². The van der Waals surface area contributed by atoms with Crippen molar-refractivity contribution in [3.63, 3.8) is 0 Å². The van der Waals surface area contributed by atoms with Crippen LogP contribution < -0.4 is 0 Å². The molecule has 2 heterocycles. The highest BCUT2D eigenvalue weighted by atomic mass is 127. The molecule has 0 bridgehead atoms. The molecule has 0 amide bonds. The second-order valence-corrected chi connectivity index (χ2v) is 30.2. The maximum absolute atomic E-state index is 12.5. The van der Waals surface area contributed by atoms with Gasteiger partial charge in [-0.25, -0.2) is 0 Å². The lowest BCUT2D eigenvalue weighted by molar-refractivity contribution is -0.187. The second kappa shape index (κ2) is 19.7. The van der Waals surface area contributed by atoms with Gasteiger partial charge in [-0.1, -0.05) is 120 Å². The topological polar surface area (TPSA) is 83.5 Å². The first kappa shape index (κ1) is 48.5. The van der Waals surface area contributed by atoms with E-state index in [0.29, 0.717) is 19.4 Å². The lowest BCUT2D eigenvalue weighted by atomic mass is 9.74. The van der Waals surface area contributed by atoms with Gasteiger partial charge in [0.15, 0.2) is 16.6 Å². The Kier molecular flexibility index (Phi) is 18.0. The number of rotatable bonds is 15. The van der Waals surface area contributed by atoms with E-state index in [1.165, 1.54) is 0 Å². The van der Waals surface area contributed by atoms with Crippen LogP contribution in [-0.4, -0.2) is 77.5 Å². The number of carbonyl (C=O) groups excluding carboxylic acids is 1. The Morgan fingerprint density at radius 2 is 1.57 bits per heavy atom. The van der Waals surface area contributed by atoms with Gasteiger partial charge in [-0.2, -0.15) is 0 Å². The van der Waals surface area contributed by atoms with Crippen molar-refractivity contribution in [2.24, 2.45) is 16.7 Å². The molecule has 53 heavy (non-hydrogen) atoms. The summed E-state index contributed by atoms with van der Waals surface area (Å²) < 4.78 is 34.7. The van der Waals surface area contributed by atoms with Gasteiger partial charge in [0.25, 0.3) is 0 Å². The van der Waals surface area contributed by atoms with Gasteiger partial charge in [-0.05, 0) is 87.3 Å². The second-order valence-electron chi connectivity index (χ2n) is 20.0. The van der Waals surface area contributed by atoms with Crippen molar-refractivity contribution in [3.05, 3.63) is 46.1 Å². The van der Waals surface area contributed by atoms with Crippen LogP contribution >= 0.6 is 22.6 Å². The highest BCUT2D eigenvalue weighted by Gasteiger charge is 2.49. The van der Waals surface area contributed by atoms with Crippen molar-refractivity contribution in [1.29, 1.82) is 0 Å². The molecule has 0 radical (unpaired) electrons. The van der Waals surface area contributed by atoms with E-state index in [-0.39, 0.29) is 59.1 Å². The molecule has 2 saturated heterocycles. The van der Waals surface area contributed by atoms with Crippen LogP contribution in [0.5, 0.6) is 0 Å². The van der Waals surface area contributed by atoms with Gasteiger partial charge >= 0.3 is 5.97 Å². The number of ether oxygens (including phenoxy) is 3. The van der Waals surface area contributed by atoms with Crippen LogP contribution in [-0.2, 0) is 27.9 Å². The van der Waals surface area contributed by atoms with Crippen molar-refractivity contribution < 1.29 is 33.0 Å². The Morgan fingerprint density at radius 3 is 2.13 bits per heavy atom. The van der Waals surface area contributed by atoms with Crippen molar-refractivity contribution >= 4 is 45.2 Å². The van der Waals surface area contributed by atoms with Crippen LogP contribution in [0.25, 0.3) is 0 Å². The third-order valence-corrected chi connectivity index (χ3v) is 21.7. The van der Waals surface area contributed by atoms with Crippen LogP contribution in [0.15, 0.2) is 46.1 Å². The molecule has 10 heteroatoms. The highest BCUT2D eigenvalue weighted by Crippen LogP contribution is 2.44. The zero-order chi connectivity index (χ0) is 40.6. The predicted octanol–water partition coefficient (Wildman–Crippen LogP) is 11.5. The lowest BCUT2D eigenvalue weighted by Gasteiger charge is -2.49. The summed E-state index contributed by atoms with van der Waals surface area (Å²) in [5, 5.41) is 11.8. The number of allylic oxidation sites excluding steroid dienone is 4. The minimum atomic E-state index is -2.07. The number of aliphatic hydroxyl groups excluding tert-OH is 1. The average Bonchev–Trinajstić information content (AvgIpc) is 3.01. The molecule has 0 aliphatic carbocycles. The SMILES string of the molecule is CC(=C/[C@@H]1O[C@H](C/C=C/I)C[C@@H](O[Si](C)(C)C(C)(C)C)[C@@H]1C)/C=C/C/C=C/[C@@H]1C[C@@H](O)[C@@](C)(CO[Si](C)(C)C(C)(C)C)[C@H](CCOC(=O)C(C)(C)C)O1. The molecule has 2 aliphatic rings. The molecular weight excluding hydrogens is 812 g/mol. The molecule has 0 aromatic carbocycles. The number of halogens is 1. The predicted molar refractivity (Wildman–Crippen MR) is 235 cm³/mol. The summed E-state index contributed by atoms with van der Waals surface area (Å²) in [5.74, 6) is 0.0163. The molecule has 1 N–H and O–H groups in total. The van der Waals surface area contributed by atoms with Crippen molar-refractivity contribution in [1.82, 2.24) is 0 Å². The van der Waals surface area contributed by atoms with Crippen molar-refractivity contribution in [2.75, 3.05) is 13.2 Å². The summed E-state index contributed by atoms with van der Waals surface area (Å²) in [6, 6.07) is 0. The van der Waals surface area contributed by atoms with Gasteiger partial charge in [0, 0.05) is 30.8 Å². The number of hydrogen-bond acceptors (Lipinski definition) is 7. The van der Waals surface area contributed by atoms with E-state index >= 15 is 0 Å². The number of hydrogen-bond donors (Lipinski definition) is 1. The van der Waals surface area contributed by atoms with Gasteiger partial charge in [0.1, 0.15) is 0 Å². The maximum Gasteiger partial charge on any atom is 0.311 e. The van der Waals surface area contributed by atoms with Crippen LogP contribution in [0, 0.1) is 16.7 Å². The fraction of sp³-hybridized carbons (Fsp3) is 0.791. The summed E-state index contributed by atoms with van der Waals surface area (Å²) >= 11 is 2.28. The smallest absolute Gasteiger partial charge is 0.311 e. The zero-order valence-electron chi connectivity index (χ0n) is 36.3. The summed E-state index contributed by atoms with van der Waals surface area (Å²) in [7, 11) is -4.00. The molecule has 2 rings (SSSR count). The van der Waals surface area contributed by atoms with Crippen LogP contribution in [0.3, 0.4) is 0 Å². The van der Waals surface area contributed by atoms with Gasteiger partial charge in [-0.15, -0.1) is 0 Å². The first-order valence-electron chi connectivity index (χ1n) is 19.9. The maximum atomic E-state index is 12.5. The lowest BCUT2D eigenvalue weighted by Crippen LogP contribution is -2.56. The molecule has 0 aromatic heterocycles. The Morgan fingerprint density at radius 1 is 0.943 bits per heavy atom. The number of carbonyl (C=O) groups is 1. The standard InChI is InChI=1S/C43H77IO7Si2/c1-31(27-35-32(2)36(28-33(49-35)23-20-25-44)51-53(15,16)42(9,10)11)21-18-17-19-22-34-29-37(45)43(12,30-48-52(13,14)41(6,7)8)38(50-34)24-26-47-39(46)40(3,4)5/h18-22,25,27,32-38,45H,17,23-24,26,28-30H2,1-16H3/b21-18+,22-19+,25-20+,31-27-/t32-,33-,34-,35+,36-,37-,38+,43-/m1/s1. The van der Waals surface area contributed by atoms with E-state index < -0.39 is 33.6 Å². The average molecular weight is 889 g/mol. The molecule has 0 unspecified atom stereocenters. The van der Waals surface area contributed by atoms with E-state index in [0.717, 1.165) is 24.8 Å². The van der Waals surface area contributed by atoms with Crippen LogP contribution in [0.1, 0.15) is 115 Å². The number of esters is 1. The Hall–Kier alpha value is -0.606. The van der Waals surface area contributed by atoms with Gasteiger partial charge in [0.05, 0.1) is 48.6 Å². The molecule has 306 valence electrons. The fourth-order valence-electron chi connectivity index (χ4n) is 6.09. The first-order valence-corrected chi connectivity index (χ1v) is 27.0. The third-order valence-electron chi connectivity index (χ3n) is 12.2. The molecule has 8 atom stereocenters. The summed E-state index contributed by atoms with van der Waals surface area (Å²) in [6.07, 6.45) is 15.5. The van der Waals surface area contributed by atoms with E-state index in [1.54, 1.807) is 0 Å². The molecule has 0 spiro atoms. The largest absolute Gasteiger partial charge is 0.465 e. The quantitative estimate of drug-likeness (QED) is 0.0576. The molecule has 0 saturated carbocycles. The highest BCUT2D eigenvalue weighted by molar-refractivity contribution is 14.1. The zero-order valence-corrected chi connectivity index (χ0v) is 40.5. The van der Waals surface area contributed by atoms with Crippen LogP contribution in [0.2, 0.25) is 36.3 Å². The molecular formula is C43H77IO7Si2. The van der Waals surface area contributed by atoms with Gasteiger partial charge < -0.3 is 28.2 Å². The first-order chi connectivity index (χ1) is 24.1. The van der Waals surface area contributed by atoms with Gasteiger partial charge in [-0.3, -0.25) is 4.79 Å². The Labute approximate surface area is 340 Å². The molecule has 2 fully saturated rings. The minimum absolute atomic E-state index is 0.0158. The third kappa shape index (κ3) is 14.4. The summed E-state index contributed by atoms with van der Waals surface area (Å²) in [5.41, 5.74) is -0.0435. The molecule has 7 nitrogen and oxygen atoms in total. The van der Waals surface area contributed by atoms with Gasteiger partial charge in [0.2, 0.25) is 0 Å². The van der Waals surface area contributed by atoms with E-state index in [1.807, 2.05) is 20.8 Å². The molecule has 2 aliphatic heterocycles.